The minimum absolute atomic E-state index is 0.0713. The van der Waals surface area contributed by atoms with Crippen molar-refractivity contribution in [2.75, 3.05) is 5.43 Å². The highest BCUT2D eigenvalue weighted by atomic mass is 79.9. The molecule has 0 aliphatic carbocycles. The number of hydrogen-bond acceptors (Lipinski definition) is 5. The molecule has 0 bridgehead atoms. The van der Waals surface area contributed by atoms with Crippen LogP contribution in [0.2, 0.25) is 0 Å². The molecule has 6 nitrogen and oxygen atoms in total. The summed E-state index contributed by atoms with van der Waals surface area (Å²) in [5.41, 5.74) is 2.16. The van der Waals surface area contributed by atoms with Crippen molar-refractivity contribution in [1.82, 2.24) is 4.98 Å². The van der Waals surface area contributed by atoms with E-state index < -0.39 is 4.92 Å². The standard InChI is InChI=1S/C5H5BrN4O2/c6-4-3(10(11)12)1-2-8-5(4)9-7/h1-2H,7H2,(H,8,9). The molecule has 0 aliphatic heterocycles. The predicted molar refractivity (Wildman–Crippen MR) is 46.4 cm³/mol. The first kappa shape index (κ1) is 8.88. The van der Waals surface area contributed by atoms with Crippen molar-refractivity contribution in [3.8, 4) is 0 Å². The number of nitrogens with two attached hydrogens (primary N) is 1. The van der Waals surface area contributed by atoms with Crippen molar-refractivity contribution < 1.29 is 4.92 Å². The summed E-state index contributed by atoms with van der Waals surface area (Å²) in [6, 6.07) is 1.28. The Morgan fingerprint density at radius 3 is 2.92 bits per heavy atom. The van der Waals surface area contributed by atoms with Crippen molar-refractivity contribution in [2.45, 2.75) is 0 Å². The van der Waals surface area contributed by atoms with Crippen LogP contribution in [-0.2, 0) is 0 Å². The largest absolute Gasteiger partial charge is 0.307 e. The molecule has 0 saturated heterocycles. The van der Waals surface area contributed by atoms with E-state index in [1.54, 1.807) is 0 Å². The van der Waals surface area contributed by atoms with Crippen molar-refractivity contribution in [3.63, 3.8) is 0 Å². The number of nitrogens with one attached hydrogen (secondary N) is 1. The summed E-state index contributed by atoms with van der Waals surface area (Å²) in [5, 5.41) is 10.4. The fourth-order valence-corrected chi connectivity index (χ4v) is 1.17. The summed E-state index contributed by atoms with van der Waals surface area (Å²) in [6.45, 7) is 0. The summed E-state index contributed by atoms with van der Waals surface area (Å²) in [4.78, 5) is 13.6. The molecule has 0 unspecified atom stereocenters. The molecule has 0 radical (unpaired) electrons. The van der Waals surface area contributed by atoms with Crippen molar-refractivity contribution >= 4 is 27.4 Å². The van der Waals surface area contributed by atoms with Crippen LogP contribution in [0.5, 0.6) is 0 Å². The summed E-state index contributed by atoms with van der Waals surface area (Å²) >= 11 is 3.00. The number of hydrogen-bond donors (Lipinski definition) is 2. The SMILES string of the molecule is NNc1nccc([N+](=O)[O-])c1Br. The molecular formula is C5H5BrN4O2. The molecule has 0 fully saturated rings. The van der Waals surface area contributed by atoms with Gasteiger partial charge >= 0.3 is 0 Å². The Labute approximate surface area is 76.0 Å². The molecule has 0 saturated carbocycles. The van der Waals surface area contributed by atoms with E-state index in [1.807, 2.05) is 0 Å². The van der Waals surface area contributed by atoms with E-state index in [2.05, 4.69) is 26.3 Å². The predicted octanol–water partition coefficient (Wildman–Crippen LogP) is 1.04. The number of rotatable bonds is 2. The first-order chi connectivity index (χ1) is 5.66. The van der Waals surface area contributed by atoms with E-state index >= 15 is 0 Å². The van der Waals surface area contributed by atoms with Crippen LogP contribution in [-0.4, -0.2) is 9.91 Å². The minimum Gasteiger partial charge on any atom is -0.307 e. The Hall–Kier alpha value is -1.21. The van der Waals surface area contributed by atoms with Crippen molar-refractivity contribution in [2.24, 2.45) is 5.84 Å². The molecule has 1 heterocycles. The zero-order valence-electron chi connectivity index (χ0n) is 5.82. The van der Waals surface area contributed by atoms with Gasteiger partial charge in [0, 0.05) is 12.3 Å². The van der Waals surface area contributed by atoms with Crippen LogP contribution < -0.4 is 11.3 Å². The van der Waals surface area contributed by atoms with Gasteiger partial charge in [0.15, 0.2) is 5.82 Å². The fraction of sp³-hybridized carbons (Fsp3) is 0. The number of aromatic nitrogens is 1. The summed E-state index contributed by atoms with van der Waals surface area (Å²) in [5.74, 6) is 5.29. The molecule has 1 aromatic heterocycles. The summed E-state index contributed by atoms with van der Waals surface area (Å²) in [6.07, 6.45) is 1.30. The second-order valence-corrected chi connectivity index (χ2v) is 2.69. The molecule has 12 heavy (non-hydrogen) atoms. The second kappa shape index (κ2) is 3.46. The van der Waals surface area contributed by atoms with Gasteiger partial charge in [-0.3, -0.25) is 10.1 Å². The number of anilines is 1. The number of halogens is 1. The first-order valence-corrected chi connectivity index (χ1v) is 3.71. The molecule has 0 amide bonds. The third kappa shape index (κ3) is 1.51. The lowest BCUT2D eigenvalue weighted by molar-refractivity contribution is -0.385. The Morgan fingerprint density at radius 1 is 1.75 bits per heavy atom. The van der Waals surface area contributed by atoms with Gasteiger partial charge in [-0.2, -0.15) is 0 Å². The highest BCUT2D eigenvalue weighted by molar-refractivity contribution is 9.10. The van der Waals surface area contributed by atoms with Gasteiger partial charge in [-0.15, -0.1) is 0 Å². The van der Waals surface area contributed by atoms with Gasteiger partial charge in [0.1, 0.15) is 4.47 Å². The van der Waals surface area contributed by atoms with E-state index in [9.17, 15) is 10.1 Å². The summed E-state index contributed by atoms with van der Waals surface area (Å²) in [7, 11) is 0. The number of nitro groups is 1. The smallest absolute Gasteiger partial charge is 0.288 e. The van der Waals surface area contributed by atoms with Crippen LogP contribution in [0.1, 0.15) is 0 Å². The zero-order valence-corrected chi connectivity index (χ0v) is 7.41. The maximum atomic E-state index is 10.4. The Balaban J connectivity index is 3.23. The molecule has 0 aliphatic rings. The Bertz CT molecular complexity index is 316. The maximum Gasteiger partial charge on any atom is 0.288 e. The lowest BCUT2D eigenvalue weighted by Gasteiger charge is -2.00. The van der Waals surface area contributed by atoms with Crippen LogP contribution in [0.4, 0.5) is 11.5 Å². The maximum absolute atomic E-state index is 10.4. The zero-order chi connectivity index (χ0) is 9.14. The van der Waals surface area contributed by atoms with Crippen molar-refractivity contribution in [1.29, 1.82) is 0 Å². The van der Waals surface area contributed by atoms with Gasteiger partial charge in [-0.05, 0) is 15.9 Å². The van der Waals surface area contributed by atoms with Gasteiger partial charge in [0.05, 0.1) is 4.92 Å². The molecule has 3 N–H and O–H groups in total. The lowest BCUT2D eigenvalue weighted by atomic mass is 10.4. The van der Waals surface area contributed by atoms with Crippen LogP contribution in [0.3, 0.4) is 0 Å². The molecule has 0 atom stereocenters. The average Bonchev–Trinajstić information content (AvgIpc) is 2.04. The third-order valence-electron chi connectivity index (χ3n) is 1.20. The molecule has 1 rings (SSSR count). The molecule has 7 heteroatoms. The quantitative estimate of drug-likeness (QED) is 0.452. The molecule has 1 aromatic rings. The number of nitrogens with zero attached hydrogens (tertiary/aromatic N) is 2. The number of nitrogen functional groups attached to an aromatic ring is 1. The van der Waals surface area contributed by atoms with E-state index in [-0.39, 0.29) is 16.0 Å². The minimum atomic E-state index is -0.521. The Morgan fingerprint density at radius 2 is 2.42 bits per heavy atom. The molecule has 0 aromatic carbocycles. The third-order valence-corrected chi connectivity index (χ3v) is 1.98. The van der Waals surface area contributed by atoms with Crippen molar-refractivity contribution in [3.05, 3.63) is 26.9 Å². The van der Waals surface area contributed by atoms with Gasteiger partial charge in [0.2, 0.25) is 0 Å². The van der Waals surface area contributed by atoms with Gasteiger partial charge in [-0.1, -0.05) is 0 Å². The van der Waals surface area contributed by atoms with Gasteiger partial charge in [-0.25, -0.2) is 10.8 Å². The summed E-state index contributed by atoms with van der Waals surface area (Å²) < 4.78 is 0.248. The number of pyridine rings is 1. The Kier molecular flexibility index (Phi) is 2.56. The lowest BCUT2D eigenvalue weighted by Crippen LogP contribution is -2.09. The van der Waals surface area contributed by atoms with Crippen LogP contribution in [0.25, 0.3) is 0 Å². The van der Waals surface area contributed by atoms with E-state index in [4.69, 9.17) is 5.84 Å². The average molecular weight is 233 g/mol. The van der Waals surface area contributed by atoms with Crippen LogP contribution >= 0.6 is 15.9 Å². The molecular weight excluding hydrogens is 228 g/mol. The monoisotopic (exact) mass is 232 g/mol. The van der Waals surface area contributed by atoms with Gasteiger partial charge < -0.3 is 5.43 Å². The van der Waals surface area contributed by atoms with Gasteiger partial charge in [0.25, 0.3) is 5.69 Å². The normalized spacial score (nSPS) is 9.50. The number of hydrazine groups is 1. The van der Waals surface area contributed by atoms with E-state index in [0.717, 1.165) is 0 Å². The second-order valence-electron chi connectivity index (χ2n) is 1.89. The highest BCUT2D eigenvalue weighted by Crippen LogP contribution is 2.29. The van der Waals surface area contributed by atoms with Crippen LogP contribution in [0, 0.1) is 10.1 Å². The fourth-order valence-electron chi connectivity index (χ4n) is 0.675. The van der Waals surface area contributed by atoms with E-state index in [0.29, 0.717) is 0 Å². The first-order valence-electron chi connectivity index (χ1n) is 2.92. The van der Waals surface area contributed by atoms with E-state index in [1.165, 1.54) is 12.3 Å². The molecule has 0 spiro atoms. The molecule has 64 valence electrons. The highest BCUT2D eigenvalue weighted by Gasteiger charge is 2.14. The van der Waals surface area contributed by atoms with Crippen LogP contribution in [0.15, 0.2) is 16.7 Å². The topological polar surface area (TPSA) is 94.1 Å².